The molecule has 3 atom stereocenters. The van der Waals surface area contributed by atoms with Crippen LogP contribution in [0.2, 0.25) is 0 Å². The molecule has 1 saturated carbocycles. The Bertz CT molecular complexity index is 414. The van der Waals surface area contributed by atoms with Gasteiger partial charge in [0.1, 0.15) is 0 Å². The van der Waals surface area contributed by atoms with Crippen LogP contribution < -0.4 is 5.32 Å². The lowest BCUT2D eigenvalue weighted by atomic mass is 9.68. The van der Waals surface area contributed by atoms with Crippen LogP contribution in [0.3, 0.4) is 0 Å². The van der Waals surface area contributed by atoms with Gasteiger partial charge in [0.05, 0.1) is 0 Å². The van der Waals surface area contributed by atoms with E-state index in [2.05, 4.69) is 50.3 Å². The van der Waals surface area contributed by atoms with Crippen LogP contribution in [0, 0.1) is 24.7 Å². The quantitative estimate of drug-likeness (QED) is 0.872. The van der Waals surface area contributed by atoms with E-state index in [4.69, 9.17) is 0 Å². The number of nitrogens with zero attached hydrogens (tertiary/aromatic N) is 1. The van der Waals surface area contributed by atoms with Crippen molar-refractivity contribution in [1.82, 2.24) is 10.3 Å². The maximum atomic E-state index is 4.38. The molecule has 0 saturated heterocycles. The van der Waals surface area contributed by atoms with E-state index in [1.54, 1.807) is 0 Å². The van der Waals surface area contributed by atoms with E-state index in [-0.39, 0.29) is 0 Å². The lowest BCUT2D eigenvalue weighted by Crippen LogP contribution is -2.33. The van der Waals surface area contributed by atoms with Gasteiger partial charge in [-0.1, -0.05) is 20.8 Å². The van der Waals surface area contributed by atoms with Gasteiger partial charge in [0, 0.05) is 12.4 Å². The molecule has 1 fully saturated rings. The highest BCUT2D eigenvalue weighted by Gasteiger charge is 2.33. The van der Waals surface area contributed by atoms with Crippen LogP contribution in [0.15, 0.2) is 18.5 Å². The average Bonchev–Trinajstić information content (AvgIpc) is 2.45. The molecule has 0 radical (unpaired) electrons. The maximum absolute atomic E-state index is 4.38. The van der Waals surface area contributed by atoms with Crippen molar-refractivity contribution >= 4 is 0 Å². The Kier molecular flexibility index (Phi) is 5.59. The molecule has 20 heavy (non-hydrogen) atoms. The Balaban J connectivity index is 2.19. The minimum absolute atomic E-state index is 0.684. The van der Waals surface area contributed by atoms with Gasteiger partial charge in [-0.2, -0.15) is 0 Å². The van der Waals surface area contributed by atoms with Crippen molar-refractivity contribution in [3.05, 3.63) is 29.6 Å². The van der Waals surface area contributed by atoms with Gasteiger partial charge in [-0.25, -0.2) is 0 Å². The standard InChI is InChI=1S/C18H30N2/c1-5-19-11-16-7-6-15(13(2)3)10-17(16)18-12-20-9-8-14(18)4/h8-9,12-13,15-17,19H,5-7,10-11H2,1-4H3. The number of pyridine rings is 1. The van der Waals surface area contributed by atoms with Crippen molar-refractivity contribution in [3.8, 4) is 0 Å². The molecule has 112 valence electrons. The lowest BCUT2D eigenvalue weighted by Gasteiger charge is -2.38. The monoisotopic (exact) mass is 274 g/mol. The summed E-state index contributed by atoms with van der Waals surface area (Å²) in [5.74, 6) is 3.13. The molecule has 1 N–H and O–H groups in total. The fourth-order valence-corrected chi connectivity index (χ4v) is 3.69. The van der Waals surface area contributed by atoms with Gasteiger partial charge in [-0.05, 0) is 80.1 Å². The Morgan fingerprint density at radius 2 is 2.15 bits per heavy atom. The van der Waals surface area contributed by atoms with Crippen molar-refractivity contribution in [2.45, 2.75) is 52.9 Å². The number of aryl methyl sites for hydroxylation is 1. The first-order valence-corrected chi connectivity index (χ1v) is 8.24. The minimum atomic E-state index is 0.684. The topological polar surface area (TPSA) is 24.9 Å². The third-order valence-corrected chi connectivity index (χ3v) is 5.11. The van der Waals surface area contributed by atoms with E-state index in [0.717, 1.165) is 30.8 Å². The number of rotatable bonds is 5. The van der Waals surface area contributed by atoms with Crippen LogP contribution in [0.1, 0.15) is 57.1 Å². The zero-order valence-corrected chi connectivity index (χ0v) is 13.5. The molecular formula is C18H30N2. The van der Waals surface area contributed by atoms with Gasteiger partial charge in [0.2, 0.25) is 0 Å². The molecule has 2 rings (SSSR count). The Morgan fingerprint density at radius 3 is 2.80 bits per heavy atom. The smallest absolute Gasteiger partial charge is 0.0305 e. The molecular weight excluding hydrogens is 244 g/mol. The summed E-state index contributed by atoms with van der Waals surface area (Å²) in [6.07, 6.45) is 8.11. The molecule has 1 aliphatic rings. The third-order valence-electron chi connectivity index (χ3n) is 5.11. The van der Waals surface area contributed by atoms with Crippen molar-refractivity contribution in [1.29, 1.82) is 0 Å². The number of hydrogen-bond donors (Lipinski definition) is 1. The molecule has 1 aromatic rings. The van der Waals surface area contributed by atoms with Crippen LogP contribution in [0.5, 0.6) is 0 Å². The van der Waals surface area contributed by atoms with Crippen LogP contribution >= 0.6 is 0 Å². The maximum Gasteiger partial charge on any atom is 0.0305 e. The molecule has 0 aromatic carbocycles. The van der Waals surface area contributed by atoms with Crippen molar-refractivity contribution in [2.24, 2.45) is 17.8 Å². The van der Waals surface area contributed by atoms with Gasteiger partial charge in [0.25, 0.3) is 0 Å². The molecule has 1 aliphatic carbocycles. The highest BCUT2D eigenvalue weighted by Crippen LogP contribution is 2.43. The second-order valence-corrected chi connectivity index (χ2v) is 6.72. The fraction of sp³-hybridized carbons (Fsp3) is 0.722. The van der Waals surface area contributed by atoms with Gasteiger partial charge in [0.15, 0.2) is 0 Å². The van der Waals surface area contributed by atoms with Crippen LogP contribution in [0.4, 0.5) is 0 Å². The summed E-state index contributed by atoms with van der Waals surface area (Å²) >= 11 is 0. The highest BCUT2D eigenvalue weighted by atomic mass is 14.8. The third kappa shape index (κ3) is 3.60. The van der Waals surface area contributed by atoms with E-state index in [9.17, 15) is 0 Å². The molecule has 0 spiro atoms. The minimum Gasteiger partial charge on any atom is -0.317 e. The number of hydrogen-bond acceptors (Lipinski definition) is 2. The second-order valence-electron chi connectivity index (χ2n) is 6.72. The largest absolute Gasteiger partial charge is 0.317 e. The van der Waals surface area contributed by atoms with E-state index < -0.39 is 0 Å². The average molecular weight is 274 g/mol. The Morgan fingerprint density at radius 1 is 1.35 bits per heavy atom. The zero-order valence-electron chi connectivity index (χ0n) is 13.5. The summed E-state index contributed by atoms with van der Waals surface area (Å²) in [7, 11) is 0. The van der Waals surface area contributed by atoms with E-state index in [1.807, 2.05) is 6.20 Å². The summed E-state index contributed by atoms with van der Waals surface area (Å²) in [5, 5.41) is 3.56. The van der Waals surface area contributed by atoms with Crippen molar-refractivity contribution in [3.63, 3.8) is 0 Å². The number of nitrogens with one attached hydrogen (secondary N) is 1. The molecule has 1 aromatic heterocycles. The summed E-state index contributed by atoms with van der Waals surface area (Å²) in [6, 6.07) is 2.17. The molecule has 3 unspecified atom stereocenters. The summed E-state index contributed by atoms with van der Waals surface area (Å²) in [5.41, 5.74) is 2.90. The SMILES string of the molecule is CCNCC1CCC(C(C)C)CC1c1cnccc1C. The number of aromatic nitrogens is 1. The second kappa shape index (κ2) is 7.21. The summed E-state index contributed by atoms with van der Waals surface area (Å²) < 4.78 is 0. The predicted molar refractivity (Wildman–Crippen MR) is 85.9 cm³/mol. The first-order valence-electron chi connectivity index (χ1n) is 8.24. The molecule has 0 aliphatic heterocycles. The normalized spacial score (nSPS) is 26.9. The Hall–Kier alpha value is -0.890. The summed E-state index contributed by atoms with van der Waals surface area (Å²) in [6.45, 7) is 11.4. The van der Waals surface area contributed by atoms with Crippen LogP contribution in [-0.4, -0.2) is 18.1 Å². The highest BCUT2D eigenvalue weighted by molar-refractivity contribution is 5.27. The molecule has 0 bridgehead atoms. The van der Waals surface area contributed by atoms with Crippen molar-refractivity contribution < 1.29 is 0 Å². The molecule has 2 heteroatoms. The molecule has 0 amide bonds. The van der Waals surface area contributed by atoms with Gasteiger partial charge in [-0.15, -0.1) is 0 Å². The van der Waals surface area contributed by atoms with E-state index >= 15 is 0 Å². The van der Waals surface area contributed by atoms with Crippen molar-refractivity contribution in [2.75, 3.05) is 13.1 Å². The first kappa shape index (κ1) is 15.5. The first-order chi connectivity index (χ1) is 9.63. The van der Waals surface area contributed by atoms with Crippen LogP contribution in [0.25, 0.3) is 0 Å². The van der Waals surface area contributed by atoms with Crippen LogP contribution in [-0.2, 0) is 0 Å². The van der Waals surface area contributed by atoms with Gasteiger partial charge in [-0.3, -0.25) is 4.98 Å². The predicted octanol–water partition coefficient (Wildman–Crippen LogP) is 4.16. The molecule has 2 nitrogen and oxygen atoms in total. The van der Waals surface area contributed by atoms with E-state index in [1.165, 1.54) is 30.4 Å². The summed E-state index contributed by atoms with van der Waals surface area (Å²) in [4.78, 5) is 4.38. The van der Waals surface area contributed by atoms with Gasteiger partial charge >= 0.3 is 0 Å². The van der Waals surface area contributed by atoms with Gasteiger partial charge < -0.3 is 5.32 Å². The van der Waals surface area contributed by atoms with E-state index in [0.29, 0.717) is 5.92 Å². The fourth-order valence-electron chi connectivity index (χ4n) is 3.69. The lowest BCUT2D eigenvalue weighted by molar-refractivity contribution is 0.190. The Labute approximate surface area is 124 Å². The molecule has 1 heterocycles. The zero-order chi connectivity index (χ0) is 14.5.